The maximum atomic E-state index is 9.40. The van der Waals surface area contributed by atoms with Gasteiger partial charge in [0.15, 0.2) is 0 Å². The Labute approximate surface area is 189 Å². The summed E-state index contributed by atoms with van der Waals surface area (Å²) in [6.07, 6.45) is 6.13. The van der Waals surface area contributed by atoms with Crippen molar-refractivity contribution in [3.8, 4) is 11.8 Å². The molecule has 2 N–H and O–H groups in total. The molecule has 0 aliphatic carbocycles. The van der Waals surface area contributed by atoms with E-state index in [1.807, 2.05) is 24.3 Å². The molecule has 0 radical (unpaired) electrons. The number of ether oxygens (including phenoxy) is 1. The van der Waals surface area contributed by atoms with Crippen LogP contribution in [0.3, 0.4) is 0 Å². The van der Waals surface area contributed by atoms with E-state index < -0.39 is 0 Å². The number of pyridine rings is 1. The molecule has 0 aliphatic heterocycles. The molecule has 3 rings (SSSR count). The maximum absolute atomic E-state index is 9.40. The normalized spacial score (nSPS) is 10.9. The van der Waals surface area contributed by atoms with Gasteiger partial charge in [-0.1, -0.05) is 19.9 Å². The molecule has 0 fully saturated rings. The van der Waals surface area contributed by atoms with Crippen molar-refractivity contribution >= 4 is 17.7 Å². The SMILES string of the molecule is CCCN(CCC)c1cc(/C=N/Nc2ccc(O)cc2)nc(OCCc2ccccn2)n1. The highest BCUT2D eigenvalue weighted by atomic mass is 16.5. The standard InChI is InChI=1S/C24H30N6O2/c1-3-14-30(15-4-2)23-17-21(18-26-29-20-8-10-22(31)11-9-20)27-24(28-23)32-16-12-19-7-5-6-13-25-19/h5-11,13,17-18,29,31H,3-4,12,14-16H2,1-2H3/b26-18+. The number of hydrogen-bond acceptors (Lipinski definition) is 8. The summed E-state index contributed by atoms with van der Waals surface area (Å²) in [5.41, 5.74) is 5.31. The van der Waals surface area contributed by atoms with Crippen LogP contribution in [0.2, 0.25) is 0 Å². The van der Waals surface area contributed by atoms with Crippen LogP contribution < -0.4 is 15.1 Å². The number of anilines is 2. The lowest BCUT2D eigenvalue weighted by Crippen LogP contribution is -2.26. The minimum absolute atomic E-state index is 0.208. The summed E-state index contributed by atoms with van der Waals surface area (Å²) in [6, 6.07) is 14.7. The van der Waals surface area contributed by atoms with Gasteiger partial charge >= 0.3 is 6.01 Å². The van der Waals surface area contributed by atoms with E-state index >= 15 is 0 Å². The first-order valence-electron chi connectivity index (χ1n) is 10.9. The van der Waals surface area contributed by atoms with Crippen LogP contribution in [0.4, 0.5) is 11.5 Å². The molecule has 1 aromatic carbocycles. The predicted octanol–water partition coefficient (Wildman–Crippen LogP) is 4.27. The van der Waals surface area contributed by atoms with Crippen LogP contribution in [0.25, 0.3) is 0 Å². The van der Waals surface area contributed by atoms with E-state index in [2.05, 4.69) is 44.2 Å². The molecule has 8 nitrogen and oxygen atoms in total. The number of nitrogens with zero attached hydrogens (tertiary/aromatic N) is 5. The molecule has 0 saturated carbocycles. The average molecular weight is 435 g/mol. The highest BCUT2D eigenvalue weighted by Crippen LogP contribution is 2.18. The van der Waals surface area contributed by atoms with Gasteiger partial charge in [-0.15, -0.1) is 0 Å². The third kappa shape index (κ3) is 7.23. The fourth-order valence-electron chi connectivity index (χ4n) is 3.11. The maximum Gasteiger partial charge on any atom is 0.318 e. The van der Waals surface area contributed by atoms with Crippen molar-refractivity contribution in [1.82, 2.24) is 15.0 Å². The number of benzene rings is 1. The summed E-state index contributed by atoms with van der Waals surface area (Å²) >= 11 is 0. The Morgan fingerprint density at radius 2 is 1.84 bits per heavy atom. The highest BCUT2D eigenvalue weighted by molar-refractivity contribution is 5.79. The Morgan fingerprint density at radius 1 is 1.06 bits per heavy atom. The number of phenolic OH excluding ortho intramolecular Hbond substituents is 1. The third-order valence-electron chi connectivity index (χ3n) is 4.60. The number of nitrogens with one attached hydrogen (secondary N) is 1. The summed E-state index contributed by atoms with van der Waals surface area (Å²) in [7, 11) is 0. The first kappa shape index (κ1) is 23.0. The van der Waals surface area contributed by atoms with E-state index in [0.29, 0.717) is 24.7 Å². The van der Waals surface area contributed by atoms with Gasteiger partial charge in [-0.3, -0.25) is 10.4 Å². The Bertz CT molecular complexity index is 974. The Hall–Kier alpha value is -3.68. The van der Waals surface area contributed by atoms with Crippen molar-refractivity contribution in [2.45, 2.75) is 33.1 Å². The van der Waals surface area contributed by atoms with Gasteiger partial charge in [0.25, 0.3) is 0 Å². The quantitative estimate of drug-likeness (QED) is 0.250. The lowest BCUT2D eigenvalue weighted by molar-refractivity contribution is 0.295. The summed E-state index contributed by atoms with van der Waals surface area (Å²) in [4.78, 5) is 15.7. The predicted molar refractivity (Wildman–Crippen MR) is 128 cm³/mol. The van der Waals surface area contributed by atoms with Gasteiger partial charge < -0.3 is 14.7 Å². The molecule has 0 saturated heterocycles. The minimum Gasteiger partial charge on any atom is -0.508 e. The van der Waals surface area contributed by atoms with Crippen LogP contribution >= 0.6 is 0 Å². The number of phenols is 1. The fourth-order valence-corrected chi connectivity index (χ4v) is 3.11. The van der Waals surface area contributed by atoms with E-state index in [1.165, 1.54) is 0 Å². The van der Waals surface area contributed by atoms with Crippen molar-refractivity contribution in [2.75, 3.05) is 30.0 Å². The van der Waals surface area contributed by atoms with Crippen LogP contribution in [0.5, 0.6) is 11.8 Å². The number of hydrazone groups is 1. The van der Waals surface area contributed by atoms with Gasteiger partial charge in [0, 0.05) is 37.5 Å². The number of aromatic hydroxyl groups is 1. The van der Waals surface area contributed by atoms with Gasteiger partial charge in [0.2, 0.25) is 0 Å². The van der Waals surface area contributed by atoms with E-state index in [9.17, 15) is 5.11 Å². The Balaban J connectivity index is 1.75. The number of rotatable bonds is 12. The zero-order valence-corrected chi connectivity index (χ0v) is 18.6. The minimum atomic E-state index is 0.208. The van der Waals surface area contributed by atoms with Crippen molar-refractivity contribution in [3.63, 3.8) is 0 Å². The molecule has 0 aliphatic rings. The van der Waals surface area contributed by atoms with Crippen LogP contribution in [0.1, 0.15) is 38.1 Å². The largest absolute Gasteiger partial charge is 0.508 e. The molecule has 3 aromatic rings. The number of aromatic nitrogens is 3. The Morgan fingerprint density at radius 3 is 2.53 bits per heavy atom. The zero-order valence-electron chi connectivity index (χ0n) is 18.6. The summed E-state index contributed by atoms with van der Waals surface area (Å²) < 4.78 is 5.88. The second kappa shape index (κ2) is 12.2. The molecule has 0 bridgehead atoms. The summed E-state index contributed by atoms with van der Waals surface area (Å²) in [6.45, 7) is 6.54. The molecule has 0 spiro atoms. The van der Waals surface area contributed by atoms with E-state index in [0.717, 1.165) is 43.1 Å². The molecule has 8 heteroatoms. The highest BCUT2D eigenvalue weighted by Gasteiger charge is 2.11. The summed E-state index contributed by atoms with van der Waals surface area (Å²) in [5, 5.41) is 13.7. The second-order valence-electron chi connectivity index (χ2n) is 7.26. The zero-order chi connectivity index (χ0) is 22.6. The van der Waals surface area contributed by atoms with Crippen molar-refractivity contribution in [1.29, 1.82) is 0 Å². The van der Waals surface area contributed by atoms with E-state index in [-0.39, 0.29) is 5.75 Å². The van der Waals surface area contributed by atoms with Crippen LogP contribution in [-0.4, -0.2) is 46.0 Å². The molecule has 168 valence electrons. The van der Waals surface area contributed by atoms with Gasteiger partial charge in [-0.25, -0.2) is 0 Å². The van der Waals surface area contributed by atoms with Gasteiger partial charge in [-0.05, 0) is 49.2 Å². The van der Waals surface area contributed by atoms with Crippen molar-refractivity contribution in [2.24, 2.45) is 5.10 Å². The summed E-state index contributed by atoms with van der Waals surface area (Å²) in [5.74, 6) is 1.03. The van der Waals surface area contributed by atoms with Crippen LogP contribution in [-0.2, 0) is 6.42 Å². The third-order valence-corrected chi connectivity index (χ3v) is 4.60. The molecule has 0 amide bonds. The van der Waals surface area contributed by atoms with Crippen LogP contribution in [0, 0.1) is 0 Å². The molecular formula is C24H30N6O2. The average Bonchev–Trinajstić information content (AvgIpc) is 2.81. The molecule has 0 unspecified atom stereocenters. The monoisotopic (exact) mass is 434 g/mol. The molecule has 2 heterocycles. The van der Waals surface area contributed by atoms with E-state index in [1.54, 1.807) is 36.7 Å². The van der Waals surface area contributed by atoms with E-state index in [4.69, 9.17) is 4.74 Å². The Kier molecular flexibility index (Phi) is 8.80. The molecule has 0 atom stereocenters. The van der Waals surface area contributed by atoms with Gasteiger partial charge in [0.1, 0.15) is 11.6 Å². The van der Waals surface area contributed by atoms with Gasteiger partial charge in [0.05, 0.1) is 24.2 Å². The van der Waals surface area contributed by atoms with Crippen molar-refractivity contribution in [3.05, 3.63) is 66.1 Å². The first-order chi connectivity index (χ1) is 15.7. The smallest absolute Gasteiger partial charge is 0.318 e. The molecule has 32 heavy (non-hydrogen) atoms. The molecule has 2 aromatic heterocycles. The number of hydrogen-bond donors (Lipinski definition) is 2. The lowest BCUT2D eigenvalue weighted by atomic mass is 10.3. The first-order valence-corrected chi connectivity index (χ1v) is 10.9. The lowest BCUT2D eigenvalue weighted by Gasteiger charge is -2.23. The second-order valence-corrected chi connectivity index (χ2v) is 7.26. The molecular weight excluding hydrogens is 404 g/mol. The van der Waals surface area contributed by atoms with Gasteiger partial charge in [-0.2, -0.15) is 15.1 Å². The van der Waals surface area contributed by atoms with Crippen molar-refractivity contribution < 1.29 is 9.84 Å². The fraction of sp³-hybridized carbons (Fsp3) is 0.333. The topological polar surface area (TPSA) is 95.8 Å². The van der Waals surface area contributed by atoms with Crippen LogP contribution in [0.15, 0.2) is 59.8 Å².